The molecular weight excluding hydrogens is 492 g/mol. The number of aromatic nitrogens is 1. The second kappa shape index (κ2) is 12.1. The molecule has 2 aromatic carbocycles. The summed E-state index contributed by atoms with van der Waals surface area (Å²) in [6, 6.07) is 7.21. The van der Waals surface area contributed by atoms with Gasteiger partial charge in [-0.3, -0.25) is 15.1 Å². The van der Waals surface area contributed by atoms with Crippen LogP contribution in [0, 0.1) is 23.0 Å². The average Bonchev–Trinajstić information content (AvgIpc) is 2.84. The molecular formula is C25H29F2N3O5S. The molecule has 0 saturated carbocycles. The van der Waals surface area contributed by atoms with E-state index in [-0.39, 0.29) is 28.7 Å². The summed E-state index contributed by atoms with van der Waals surface area (Å²) < 4.78 is 62.2. The molecule has 0 aliphatic rings. The Balaban J connectivity index is 1.94. The first kappa shape index (κ1) is 27.3. The van der Waals surface area contributed by atoms with Gasteiger partial charge in [-0.2, -0.15) is 4.89 Å². The number of aryl methyl sites for hydroxylation is 1. The van der Waals surface area contributed by atoms with E-state index in [1.807, 2.05) is 13.0 Å². The lowest BCUT2D eigenvalue weighted by atomic mass is 9.98. The van der Waals surface area contributed by atoms with Crippen LogP contribution in [0.1, 0.15) is 32.4 Å². The molecule has 0 fully saturated rings. The lowest BCUT2D eigenvalue weighted by Crippen LogP contribution is -2.17. The average molecular weight is 522 g/mol. The van der Waals surface area contributed by atoms with Gasteiger partial charge in [0.2, 0.25) is 16.4 Å². The minimum atomic E-state index is -3.77. The molecule has 194 valence electrons. The molecule has 0 unspecified atom stereocenters. The standard InChI is InChI=1S/C25H29F2N3O5S/c1-4-9-36(31,32)30-22-8-7-21(26)24(25(22)27)20-11-18-13-29-19(10-17(18)12-23(20)33-3)6-5-16(2)14-34-35-15-28/h7-8,10-13,15-16,28,30H,4-6,9,14H2,1-3H3/t16-/m1/s1. The summed E-state index contributed by atoms with van der Waals surface area (Å²) in [5.41, 5.74) is 0.236. The first-order chi connectivity index (χ1) is 17.2. The molecule has 1 atom stereocenters. The Kier molecular flexibility index (Phi) is 9.16. The molecule has 0 spiro atoms. The molecule has 11 heteroatoms. The van der Waals surface area contributed by atoms with Crippen LogP contribution in [0.4, 0.5) is 14.5 Å². The topological polar surface area (TPSA) is 111 Å². The van der Waals surface area contributed by atoms with Crippen molar-refractivity contribution in [2.24, 2.45) is 5.92 Å². The summed E-state index contributed by atoms with van der Waals surface area (Å²) >= 11 is 0. The highest BCUT2D eigenvalue weighted by Crippen LogP contribution is 2.39. The Hall–Kier alpha value is -3.31. The van der Waals surface area contributed by atoms with Crippen molar-refractivity contribution in [3.63, 3.8) is 0 Å². The van der Waals surface area contributed by atoms with Crippen LogP contribution < -0.4 is 9.46 Å². The summed E-state index contributed by atoms with van der Waals surface area (Å²) in [6.07, 6.45) is 4.13. The van der Waals surface area contributed by atoms with E-state index >= 15 is 4.39 Å². The van der Waals surface area contributed by atoms with Crippen molar-refractivity contribution in [1.29, 1.82) is 5.41 Å². The third kappa shape index (κ3) is 6.67. The molecule has 3 aromatic rings. The van der Waals surface area contributed by atoms with E-state index in [4.69, 9.17) is 15.0 Å². The van der Waals surface area contributed by atoms with Gasteiger partial charge in [-0.25, -0.2) is 17.2 Å². The van der Waals surface area contributed by atoms with E-state index in [1.165, 1.54) is 7.11 Å². The third-order valence-corrected chi connectivity index (χ3v) is 7.03. The van der Waals surface area contributed by atoms with Crippen LogP contribution in [-0.2, 0) is 26.2 Å². The van der Waals surface area contributed by atoms with Crippen molar-refractivity contribution < 1.29 is 31.7 Å². The molecule has 3 rings (SSSR count). The zero-order chi connectivity index (χ0) is 26.3. The zero-order valence-electron chi connectivity index (χ0n) is 20.3. The number of nitrogens with one attached hydrogen (secondary N) is 2. The van der Waals surface area contributed by atoms with Crippen LogP contribution in [-0.4, -0.2) is 39.3 Å². The minimum absolute atomic E-state index is 0.142. The predicted octanol–water partition coefficient (Wildman–Crippen LogP) is 5.46. The van der Waals surface area contributed by atoms with Gasteiger partial charge in [-0.15, -0.1) is 0 Å². The quantitative estimate of drug-likeness (QED) is 0.102. The molecule has 0 aliphatic carbocycles. The van der Waals surface area contributed by atoms with Crippen molar-refractivity contribution in [2.45, 2.75) is 33.1 Å². The molecule has 0 aliphatic heterocycles. The highest BCUT2D eigenvalue weighted by Gasteiger charge is 2.22. The van der Waals surface area contributed by atoms with Crippen molar-refractivity contribution >= 4 is 32.9 Å². The van der Waals surface area contributed by atoms with Gasteiger partial charge in [0.15, 0.2) is 5.82 Å². The van der Waals surface area contributed by atoms with Crippen LogP contribution in [0.3, 0.4) is 0 Å². The Morgan fingerprint density at radius 3 is 2.67 bits per heavy atom. The monoisotopic (exact) mass is 521 g/mol. The number of hydrogen-bond donors (Lipinski definition) is 2. The molecule has 0 bridgehead atoms. The molecule has 1 aromatic heterocycles. The van der Waals surface area contributed by atoms with Gasteiger partial charge in [0, 0.05) is 22.8 Å². The molecule has 0 amide bonds. The van der Waals surface area contributed by atoms with E-state index in [1.54, 1.807) is 25.3 Å². The van der Waals surface area contributed by atoms with Crippen LogP contribution in [0.2, 0.25) is 0 Å². The summed E-state index contributed by atoms with van der Waals surface area (Å²) in [6.45, 7) is 4.02. The molecule has 1 heterocycles. The lowest BCUT2D eigenvalue weighted by molar-refractivity contribution is -0.225. The number of rotatable bonds is 13. The number of fused-ring (bicyclic) bond motifs is 1. The van der Waals surface area contributed by atoms with Crippen molar-refractivity contribution in [3.8, 4) is 16.9 Å². The van der Waals surface area contributed by atoms with Crippen molar-refractivity contribution in [1.82, 2.24) is 4.98 Å². The summed E-state index contributed by atoms with van der Waals surface area (Å²) in [5.74, 6) is -1.66. The first-order valence-corrected chi connectivity index (χ1v) is 13.1. The SMILES string of the molecule is CCCS(=O)(=O)Nc1ccc(F)c(-c2cc3cnc(CC[C@@H](C)COOC=N)cc3cc2OC)c1F. The Morgan fingerprint density at radius 2 is 1.97 bits per heavy atom. The summed E-state index contributed by atoms with van der Waals surface area (Å²) in [7, 11) is -2.37. The number of nitrogens with zero attached hydrogens (tertiary/aromatic N) is 1. The second-order valence-corrected chi connectivity index (χ2v) is 10.3. The maximum atomic E-state index is 15.4. The van der Waals surface area contributed by atoms with Gasteiger partial charge in [-0.05, 0) is 60.9 Å². The van der Waals surface area contributed by atoms with Gasteiger partial charge >= 0.3 is 0 Å². The molecule has 0 saturated heterocycles. The third-order valence-electron chi connectivity index (χ3n) is 5.56. The Labute approximate surface area is 209 Å². The number of ether oxygens (including phenoxy) is 1. The summed E-state index contributed by atoms with van der Waals surface area (Å²) in [5, 5.41) is 8.20. The van der Waals surface area contributed by atoms with Crippen LogP contribution in [0.25, 0.3) is 21.9 Å². The molecule has 0 radical (unpaired) electrons. The second-order valence-electron chi connectivity index (χ2n) is 8.42. The van der Waals surface area contributed by atoms with E-state index in [9.17, 15) is 12.8 Å². The van der Waals surface area contributed by atoms with Crippen LogP contribution in [0.5, 0.6) is 5.75 Å². The number of pyridine rings is 1. The van der Waals surface area contributed by atoms with Gasteiger partial charge < -0.3 is 9.62 Å². The number of sulfonamides is 1. The number of hydrogen-bond acceptors (Lipinski definition) is 7. The Bertz CT molecular complexity index is 1340. The normalized spacial score (nSPS) is 12.4. The fraction of sp³-hybridized carbons (Fsp3) is 0.360. The van der Waals surface area contributed by atoms with Crippen molar-refractivity contribution in [2.75, 3.05) is 24.2 Å². The number of halogens is 2. The van der Waals surface area contributed by atoms with Crippen LogP contribution in [0.15, 0.2) is 36.5 Å². The highest BCUT2D eigenvalue weighted by molar-refractivity contribution is 7.92. The fourth-order valence-corrected chi connectivity index (χ4v) is 4.88. The van der Waals surface area contributed by atoms with E-state index in [0.717, 1.165) is 36.0 Å². The van der Waals surface area contributed by atoms with Gasteiger partial charge in [0.05, 0.1) is 30.7 Å². The lowest BCUT2D eigenvalue weighted by Gasteiger charge is -2.16. The van der Waals surface area contributed by atoms with Gasteiger partial charge in [0.25, 0.3) is 0 Å². The minimum Gasteiger partial charge on any atom is -0.496 e. The summed E-state index contributed by atoms with van der Waals surface area (Å²) in [4.78, 5) is 13.8. The van der Waals surface area contributed by atoms with Gasteiger partial charge in [0.1, 0.15) is 11.6 Å². The maximum Gasteiger partial charge on any atom is 0.232 e. The number of benzene rings is 2. The molecule has 36 heavy (non-hydrogen) atoms. The fourth-order valence-electron chi connectivity index (χ4n) is 3.75. The van der Waals surface area contributed by atoms with E-state index in [0.29, 0.717) is 24.8 Å². The first-order valence-electron chi connectivity index (χ1n) is 11.4. The molecule has 8 nitrogen and oxygen atoms in total. The smallest absolute Gasteiger partial charge is 0.232 e. The maximum absolute atomic E-state index is 15.4. The Morgan fingerprint density at radius 1 is 1.19 bits per heavy atom. The van der Waals surface area contributed by atoms with E-state index < -0.39 is 27.2 Å². The highest BCUT2D eigenvalue weighted by atomic mass is 32.2. The van der Waals surface area contributed by atoms with E-state index in [2.05, 4.69) is 14.6 Å². The zero-order valence-corrected chi connectivity index (χ0v) is 21.1. The molecule has 2 N–H and O–H groups in total. The number of anilines is 1. The van der Waals surface area contributed by atoms with Gasteiger partial charge in [-0.1, -0.05) is 13.8 Å². The number of methoxy groups -OCH3 is 1. The largest absolute Gasteiger partial charge is 0.496 e. The predicted molar refractivity (Wildman–Crippen MR) is 135 cm³/mol. The van der Waals surface area contributed by atoms with Crippen LogP contribution >= 0.6 is 0 Å². The van der Waals surface area contributed by atoms with Crippen molar-refractivity contribution in [3.05, 3.63) is 53.9 Å².